The van der Waals surface area contributed by atoms with Crippen LogP contribution in [0.25, 0.3) is 0 Å². The van der Waals surface area contributed by atoms with Gasteiger partial charge in [0, 0.05) is 10.7 Å². The predicted molar refractivity (Wildman–Crippen MR) is 102 cm³/mol. The van der Waals surface area contributed by atoms with Crippen molar-refractivity contribution in [1.29, 1.82) is 0 Å². The van der Waals surface area contributed by atoms with E-state index < -0.39 is 28.5 Å². The lowest BCUT2D eigenvalue weighted by Gasteiger charge is -2.10. The second kappa shape index (κ2) is 8.98. The quantitative estimate of drug-likeness (QED) is 0.682. The minimum Gasteiger partial charge on any atom is -0.455 e. The van der Waals surface area contributed by atoms with Gasteiger partial charge in [0.05, 0.1) is 11.3 Å². The summed E-state index contributed by atoms with van der Waals surface area (Å²) >= 11 is 5.78. The zero-order chi connectivity index (χ0) is 20.0. The minimum absolute atomic E-state index is 0.0134. The predicted octanol–water partition coefficient (Wildman–Crippen LogP) is 2.28. The van der Waals surface area contributed by atoms with Crippen LogP contribution >= 0.6 is 11.6 Å². The summed E-state index contributed by atoms with van der Waals surface area (Å²) in [5.74, 6) is -1.13. The fraction of sp³-hybridized carbons (Fsp3) is 0.222. The third-order valence-corrected chi connectivity index (χ3v) is 5.46. The van der Waals surface area contributed by atoms with Crippen molar-refractivity contribution in [3.63, 3.8) is 0 Å². The van der Waals surface area contributed by atoms with Gasteiger partial charge in [0.15, 0.2) is 6.61 Å². The number of hydrogen-bond donors (Lipinski definition) is 2. The van der Waals surface area contributed by atoms with Gasteiger partial charge < -0.3 is 10.1 Å². The van der Waals surface area contributed by atoms with Crippen LogP contribution in [0.1, 0.15) is 11.1 Å². The monoisotopic (exact) mass is 410 g/mol. The first-order valence-electron chi connectivity index (χ1n) is 7.95. The smallest absolute Gasteiger partial charge is 0.310 e. The van der Waals surface area contributed by atoms with E-state index in [2.05, 4.69) is 10.0 Å². The second-order valence-corrected chi connectivity index (χ2v) is 7.99. The number of amides is 1. The lowest BCUT2D eigenvalue weighted by atomic mass is 10.1. The van der Waals surface area contributed by atoms with Crippen molar-refractivity contribution >= 4 is 39.2 Å². The van der Waals surface area contributed by atoms with Gasteiger partial charge in [0.25, 0.3) is 5.91 Å². The number of benzene rings is 2. The van der Waals surface area contributed by atoms with Crippen molar-refractivity contribution in [2.45, 2.75) is 18.2 Å². The van der Waals surface area contributed by atoms with E-state index in [4.69, 9.17) is 16.3 Å². The van der Waals surface area contributed by atoms with E-state index in [1.807, 2.05) is 0 Å². The Morgan fingerprint density at radius 1 is 1.11 bits per heavy atom. The molecule has 0 bridgehead atoms. The van der Waals surface area contributed by atoms with E-state index in [9.17, 15) is 18.0 Å². The maximum atomic E-state index is 12.0. The molecule has 2 rings (SSSR count). The summed E-state index contributed by atoms with van der Waals surface area (Å²) in [5.41, 5.74) is 1.54. The molecule has 7 nitrogen and oxygen atoms in total. The van der Waals surface area contributed by atoms with Gasteiger partial charge in [-0.3, -0.25) is 9.59 Å². The Bertz CT molecular complexity index is 943. The molecule has 0 spiro atoms. The van der Waals surface area contributed by atoms with E-state index in [-0.39, 0.29) is 17.0 Å². The zero-order valence-electron chi connectivity index (χ0n) is 14.8. The molecule has 0 atom stereocenters. The van der Waals surface area contributed by atoms with Crippen LogP contribution in [0, 0.1) is 6.92 Å². The molecule has 0 unspecified atom stereocenters. The second-order valence-electron chi connectivity index (χ2n) is 5.70. The molecule has 0 fully saturated rings. The highest BCUT2D eigenvalue weighted by Crippen LogP contribution is 2.20. The number of rotatable bonds is 7. The Balaban J connectivity index is 1.93. The van der Waals surface area contributed by atoms with Crippen molar-refractivity contribution in [2.24, 2.45) is 0 Å². The number of esters is 1. The van der Waals surface area contributed by atoms with Gasteiger partial charge in [0.2, 0.25) is 10.0 Å². The summed E-state index contributed by atoms with van der Waals surface area (Å²) in [6.07, 6.45) is 0.0134. The van der Waals surface area contributed by atoms with E-state index in [0.717, 1.165) is 0 Å². The molecule has 2 aromatic rings. The molecule has 0 radical (unpaired) electrons. The molecular formula is C18H19ClN2O5S. The Labute approximate surface area is 162 Å². The summed E-state index contributed by atoms with van der Waals surface area (Å²) in [6, 6.07) is 11.2. The van der Waals surface area contributed by atoms with Crippen LogP contribution in [0.3, 0.4) is 0 Å². The Kier molecular flexibility index (Phi) is 6.95. The van der Waals surface area contributed by atoms with Crippen LogP contribution in [0.4, 0.5) is 5.69 Å². The summed E-state index contributed by atoms with van der Waals surface area (Å²) in [7, 11) is -2.34. The number of carbonyl (C=O) groups is 2. The first-order chi connectivity index (χ1) is 12.7. The Hall–Kier alpha value is -2.42. The summed E-state index contributed by atoms with van der Waals surface area (Å²) in [4.78, 5) is 23.8. The average molecular weight is 411 g/mol. The molecular weight excluding hydrogens is 392 g/mol. The van der Waals surface area contributed by atoms with Crippen LogP contribution in [-0.4, -0.2) is 33.9 Å². The normalized spacial score (nSPS) is 11.1. The molecule has 2 N–H and O–H groups in total. The molecule has 0 saturated heterocycles. The molecule has 0 aromatic heterocycles. The number of anilines is 1. The average Bonchev–Trinajstić information content (AvgIpc) is 2.63. The zero-order valence-corrected chi connectivity index (χ0v) is 16.4. The van der Waals surface area contributed by atoms with E-state index in [1.54, 1.807) is 43.3 Å². The number of halogens is 1. The molecule has 144 valence electrons. The standard InChI is InChI=1S/C18H19ClN2O5S/c1-12-3-8-15(10-16(12)27(24,25)20-2)21-17(22)11-26-18(23)9-13-4-6-14(19)7-5-13/h3-8,10,20H,9,11H2,1-2H3,(H,21,22). The number of sulfonamides is 1. The SMILES string of the molecule is CNS(=O)(=O)c1cc(NC(=O)COC(=O)Cc2ccc(Cl)cc2)ccc1C. The lowest BCUT2D eigenvalue weighted by molar-refractivity contribution is -0.146. The van der Waals surface area contributed by atoms with Crippen LogP contribution in [0.2, 0.25) is 5.02 Å². The molecule has 0 aliphatic rings. The van der Waals surface area contributed by atoms with Crippen LogP contribution in [0.5, 0.6) is 0 Å². The van der Waals surface area contributed by atoms with Gasteiger partial charge in [-0.2, -0.15) is 0 Å². The van der Waals surface area contributed by atoms with Gasteiger partial charge >= 0.3 is 5.97 Å². The number of carbonyl (C=O) groups excluding carboxylic acids is 2. The van der Waals surface area contributed by atoms with E-state index >= 15 is 0 Å². The summed E-state index contributed by atoms with van der Waals surface area (Å²) < 4.78 is 31.1. The van der Waals surface area contributed by atoms with Crippen LogP contribution in [-0.2, 0) is 30.8 Å². The minimum atomic E-state index is -3.65. The number of aryl methyl sites for hydroxylation is 1. The van der Waals surface area contributed by atoms with Gasteiger partial charge in [-0.25, -0.2) is 13.1 Å². The summed E-state index contributed by atoms with van der Waals surface area (Å²) in [6.45, 7) is 1.17. The highest BCUT2D eigenvalue weighted by atomic mass is 35.5. The number of hydrogen-bond acceptors (Lipinski definition) is 5. The third-order valence-electron chi connectivity index (χ3n) is 3.66. The molecule has 27 heavy (non-hydrogen) atoms. The molecule has 0 aliphatic carbocycles. The van der Waals surface area contributed by atoms with Crippen LogP contribution in [0.15, 0.2) is 47.4 Å². The first-order valence-corrected chi connectivity index (χ1v) is 9.81. The molecule has 0 saturated carbocycles. The Morgan fingerprint density at radius 2 is 1.78 bits per heavy atom. The van der Waals surface area contributed by atoms with Crippen LogP contribution < -0.4 is 10.0 Å². The van der Waals surface area contributed by atoms with Gasteiger partial charge in [0.1, 0.15) is 0 Å². The highest BCUT2D eigenvalue weighted by Gasteiger charge is 2.16. The topological polar surface area (TPSA) is 102 Å². The van der Waals surface area contributed by atoms with Gasteiger partial charge in [-0.05, 0) is 49.4 Å². The van der Waals surface area contributed by atoms with Gasteiger partial charge in [-0.15, -0.1) is 0 Å². The van der Waals surface area contributed by atoms with Crippen molar-refractivity contribution < 1.29 is 22.7 Å². The molecule has 2 aromatic carbocycles. The fourth-order valence-electron chi connectivity index (χ4n) is 2.24. The maximum Gasteiger partial charge on any atom is 0.310 e. The number of nitrogens with one attached hydrogen (secondary N) is 2. The lowest BCUT2D eigenvalue weighted by Crippen LogP contribution is -2.23. The Morgan fingerprint density at radius 3 is 2.41 bits per heavy atom. The maximum absolute atomic E-state index is 12.0. The molecule has 9 heteroatoms. The highest BCUT2D eigenvalue weighted by molar-refractivity contribution is 7.89. The third kappa shape index (κ3) is 6.06. The fourth-order valence-corrected chi connectivity index (χ4v) is 3.36. The van der Waals surface area contributed by atoms with E-state index in [0.29, 0.717) is 16.1 Å². The van der Waals surface area contributed by atoms with Gasteiger partial charge in [-0.1, -0.05) is 29.8 Å². The molecule has 0 heterocycles. The van der Waals surface area contributed by atoms with Crippen molar-refractivity contribution in [2.75, 3.05) is 19.0 Å². The first kappa shape index (κ1) is 20.9. The van der Waals surface area contributed by atoms with Crippen molar-refractivity contribution in [1.82, 2.24) is 4.72 Å². The van der Waals surface area contributed by atoms with Crippen molar-refractivity contribution in [3.8, 4) is 0 Å². The largest absolute Gasteiger partial charge is 0.455 e. The molecule has 0 aliphatic heterocycles. The van der Waals surface area contributed by atoms with Crippen molar-refractivity contribution in [3.05, 3.63) is 58.6 Å². The van der Waals surface area contributed by atoms with E-state index in [1.165, 1.54) is 13.1 Å². The summed E-state index contributed by atoms with van der Waals surface area (Å²) in [5, 5.41) is 3.07. The molecule has 1 amide bonds. The number of ether oxygens (including phenoxy) is 1.